The second-order valence-electron chi connectivity index (χ2n) is 5.15. The van der Waals surface area contributed by atoms with Gasteiger partial charge in [-0.1, -0.05) is 31.2 Å². The summed E-state index contributed by atoms with van der Waals surface area (Å²) < 4.78 is 4.91. The third kappa shape index (κ3) is 9.10. The van der Waals surface area contributed by atoms with E-state index < -0.39 is 0 Å². The molecule has 0 aliphatic rings. The van der Waals surface area contributed by atoms with E-state index in [1.165, 1.54) is 11.1 Å². The summed E-state index contributed by atoms with van der Waals surface area (Å²) >= 11 is 0. The van der Waals surface area contributed by atoms with E-state index in [0.29, 0.717) is 26.1 Å². The molecule has 0 amide bonds. The van der Waals surface area contributed by atoms with Gasteiger partial charge in [-0.3, -0.25) is 4.79 Å². The summed E-state index contributed by atoms with van der Waals surface area (Å²) in [5.41, 5.74) is 2.58. The number of ether oxygens (including phenoxy) is 1. The summed E-state index contributed by atoms with van der Waals surface area (Å²) in [6, 6.07) is 8.37. The third-order valence-corrected chi connectivity index (χ3v) is 3.41. The van der Waals surface area contributed by atoms with Gasteiger partial charge in [-0.25, -0.2) is 4.99 Å². The minimum absolute atomic E-state index is 0. The van der Waals surface area contributed by atoms with E-state index >= 15 is 0 Å². The lowest BCUT2D eigenvalue weighted by Gasteiger charge is -2.12. The molecule has 0 heterocycles. The third-order valence-electron chi connectivity index (χ3n) is 3.41. The van der Waals surface area contributed by atoms with Crippen LogP contribution in [-0.4, -0.2) is 31.6 Å². The number of nitrogens with one attached hydrogen (secondary N) is 2. The largest absolute Gasteiger partial charge is 0.466 e. The van der Waals surface area contributed by atoms with Crippen molar-refractivity contribution in [2.24, 2.45) is 4.99 Å². The molecule has 0 bridgehead atoms. The lowest BCUT2D eigenvalue weighted by molar-refractivity contribution is -0.143. The van der Waals surface area contributed by atoms with E-state index in [2.05, 4.69) is 40.7 Å². The molecule has 1 rings (SSSR count). The Balaban J connectivity index is 0.00000529. The van der Waals surface area contributed by atoms with Crippen LogP contribution < -0.4 is 10.6 Å². The smallest absolute Gasteiger partial charge is 0.305 e. The monoisotopic (exact) mass is 447 g/mol. The van der Waals surface area contributed by atoms with Gasteiger partial charge in [-0.15, -0.1) is 24.0 Å². The van der Waals surface area contributed by atoms with Gasteiger partial charge >= 0.3 is 5.97 Å². The number of aryl methyl sites for hydroxylation is 1. The first kappa shape index (κ1) is 22.7. The molecule has 0 spiro atoms. The van der Waals surface area contributed by atoms with Crippen LogP contribution in [0.4, 0.5) is 0 Å². The maximum Gasteiger partial charge on any atom is 0.305 e. The zero-order valence-electron chi connectivity index (χ0n) is 14.9. The molecule has 1 aromatic carbocycles. The Kier molecular flexibility index (Phi) is 13.3. The Morgan fingerprint density at radius 2 is 1.83 bits per heavy atom. The number of hydrogen-bond donors (Lipinski definition) is 2. The summed E-state index contributed by atoms with van der Waals surface area (Å²) in [7, 11) is 0. The van der Waals surface area contributed by atoms with Gasteiger partial charge in [-0.2, -0.15) is 0 Å². The van der Waals surface area contributed by atoms with Crippen molar-refractivity contribution in [3.05, 3.63) is 35.4 Å². The predicted octanol–water partition coefficient (Wildman–Crippen LogP) is 3.27. The maximum atomic E-state index is 11.3. The molecule has 0 aliphatic carbocycles. The van der Waals surface area contributed by atoms with Crippen LogP contribution in [0.1, 0.15) is 44.7 Å². The van der Waals surface area contributed by atoms with Gasteiger partial charge in [0.2, 0.25) is 0 Å². The van der Waals surface area contributed by atoms with Crippen LogP contribution in [0.25, 0.3) is 0 Å². The minimum Gasteiger partial charge on any atom is -0.466 e. The van der Waals surface area contributed by atoms with Gasteiger partial charge in [0.25, 0.3) is 0 Å². The molecule has 136 valence electrons. The molecule has 0 fully saturated rings. The maximum absolute atomic E-state index is 11.3. The number of guanidine groups is 1. The quantitative estimate of drug-likeness (QED) is 0.201. The van der Waals surface area contributed by atoms with Crippen LogP contribution >= 0.6 is 24.0 Å². The summed E-state index contributed by atoms with van der Waals surface area (Å²) in [6.07, 6.45) is 2.17. The summed E-state index contributed by atoms with van der Waals surface area (Å²) in [6.45, 7) is 8.60. The number of nitrogens with zero attached hydrogens (tertiary/aromatic N) is 1. The van der Waals surface area contributed by atoms with E-state index in [4.69, 9.17) is 4.74 Å². The van der Waals surface area contributed by atoms with Crippen molar-refractivity contribution in [1.82, 2.24) is 10.6 Å². The van der Waals surface area contributed by atoms with Gasteiger partial charge in [-0.05, 0) is 37.8 Å². The molecule has 0 radical (unpaired) electrons. The van der Waals surface area contributed by atoms with Gasteiger partial charge in [0, 0.05) is 19.5 Å². The van der Waals surface area contributed by atoms with Crippen molar-refractivity contribution in [3.63, 3.8) is 0 Å². The van der Waals surface area contributed by atoms with Crippen molar-refractivity contribution >= 4 is 35.9 Å². The summed E-state index contributed by atoms with van der Waals surface area (Å²) in [4.78, 5) is 15.9. The van der Waals surface area contributed by atoms with Crippen molar-refractivity contribution in [2.75, 3.05) is 19.7 Å². The molecule has 0 atom stereocenters. The van der Waals surface area contributed by atoms with Gasteiger partial charge < -0.3 is 15.4 Å². The minimum atomic E-state index is -0.145. The van der Waals surface area contributed by atoms with Crippen LogP contribution in [0, 0.1) is 0 Å². The highest BCUT2D eigenvalue weighted by Gasteiger charge is 2.03. The molecule has 5 nitrogen and oxygen atoms in total. The number of hydrogen-bond acceptors (Lipinski definition) is 3. The highest BCUT2D eigenvalue weighted by atomic mass is 127. The second-order valence-corrected chi connectivity index (χ2v) is 5.15. The number of carbonyl (C=O) groups is 1. The van der Waals surface area contributed by atoms with Crippen molar-refractivity contribution in [1.29, 1.82) is 0 Å². The first-order chi connectivity index (χ1) is 11.2. The molecule has 2 N–H and O–H groups in total. The van der Waals surface area contributed by atoms with E-state index in [9.17, 15) is 4.79 Å². The zero-order chi connectivity index (χ0) is 16.9. The first-order valence-corrected chi connectivity index (χ1v) is 8.45. The van der Waals surface area contributed by atoms with E-state index in [1.807, 2.05) is 19.9 Å². The molecule has 24 heavy (non-hydrogen) atoms. The van der Waals surface area contributed by atoms with Crippen LogP contribution in [0.15, 0.2) is 29.3 Å². The molecular formula is C18H30IN3O2. The van der Waals surface area contributed by atoms with E-state index in [1.54, 1.807) is 0 Å². The SMILES string of the molecule is CCNC(=NCc1ccccc1CC)NCCCC(=O)OCC.I. The lowest BCUT2D eigenvalue weighted by Crippen LogP contribution is -2.37. The van der Waals surface area contributed by atoms with Crippen molar-refractivity contribution in [3.8, 4) is 0 Å². The topological polar surface area (TPSA) is 62.7 Å². The fourth-order valence-electron chi connectivity index (χ4n) is 2.24. The molecule has 0 saturated heterocycles. The highest BCUT2D eigenvalue weighted by Crippen LogP contribution is 2.10. The second kappa shape index (κ2) is 14.1. The molecule has 0 aliphatic heterocycles. The van der Waals surface area contributed by atoms with E-state index in [0.717, 1.165) is 25.3 Å². The average molecular weight is 447 g/mol. The normalized spacial score (nSPS) is 10.7. The number of halogens is 1. The number of aliphatic imine (C=N–C) groups is 1. The fourth-order valence-corrected chi connectivity index (χ4v) is 2.24. The zero-order valence-corrected chi connectivity index (χ0v) is 17.3. The Hall–Kier alpha value is -1.31. The Labute approximate surface area is 162 Å². The standard InChI is InChI=1S/C18H29N3O2.HI/c1-4-15-10-7-8-11-16(15)14-21-18(19-5-2)20-13-9-12-17(22)23-6-3;/h7-8,10-11H,4-6,9,12-14H2,1-3H3,(H2,19,20,21);1H. The number of carbonyl (C=O) groups excluding carboxylic acids is 1. The summed E-state index contributed by atoms with van der Waals surface area (Å²) in [5, 5.41) is 6.48. The lowest BCUT2D eigenvalue weighted by atomic mass is 10.1. The molecule has 0 unspecified atom stereocenters. The predicted molar refractivity (Wildman–Crippen MR) is 110 cm³/mol. The van der Waals surface area contributed by atoms with Crippen LogP contribution in [0.2, 0.25) is 0 Å². The van der Waals surface area contributed by atoms with Gasteiger partial charge in [0.15, 0.2) is 5.96 Å². The Bertz CT molecular complexity index is 507. The van der Waals surface area contributed by atoms with Crippen LogP contribution in [0.3, 0.4) is 0 Å². The fraction of sp³-hybridized carbons (Fsp3) is 0.556. The first-order valence-electron chi connectivity index (χ1n) is 8.45. The molecule has 0 aromatic heterocycles. The molecule has 6 heteroatoms. The van der Waals surface area contributed by atoms with E-state index in [-0.39, 0.29) is 29.9 Å². The highest BCUT2D eigenvalue weighted by molar-refractivity contribution is 14.0. The van der Waals surface area contributed by atoms with Crippen molar-refractivity contribution in [2.45, 2.75) is 46.6 Å². The number of rotatable bonds is 9. The Morgan fingerprint density at radius 3 is 2.46 bits per heavy atom. The number of benzene rings is 1. The summed E-state index contributed by atoms with van der Waals surface area (Å²) in [5.74, 6) is 0.635. The Morgan fingerprint density at radius 1 is 1.12 bits per heavy atom. The van der Waals surface area contributed by atoms with Gasteiger partial charge in [0.05, 0.1) is 13.2 Å². The van der Waals surface area contributed by atoms with Crippen molar-refractivity contribution < 1.29 is 9.53 Å². The molecule has 0 saturated carbocycles. The van der Waals surface area contributed by atoms with Gasteiger partial charge in [0.1, 0.15) is 0 Å². The number of esters is 1. The van der Waals surface area contributed by atoms with Crippen LogP contribution in [0.5, 0.6) is 0 Å². The molecule has 1 aromatic rings. The van der Waals surface area contributed by atoms with Crippen LogP contribution in [-0.2, 0) is 22.5 Å². The average Bonchev–Trinajstić information content (AvgIpc) is 2.57. The molecular weight excluding hydrogens is 417 g/mol.